The van der Waals surface area contributed by atoms with E-state index in [1.165, 1.54) is 12.0 Å². The molecule has 0 aliphatic heterocycles. The SMILES string of the molecule is CCCn1ccc(CNCCCS(C)=O)c1. The van der Waals surface area contributed by atoms with E-state index in [1.807, 2.05) is 0 Å². The Kier molecular flexibility index (Phi) is 6.42. The van der Waals surface area contributed by atoms with E-state index >= 15 is 0 Å². The molecule has 0 aliphatic rings. The second-order valence-corrected chi connectivity index (χ2v) is 5.62. The number of rotatable bonds is 8. The molecule has 1 atom stereocenters. The van der Waals surface area contributed by atoms with Gasteiger partial charge in [0.1, 0.15) is 0 Å². The third kappa shape index (κ3) is 5.47. The summed E-state index contributed by atoms with van der Waals surface area (Å²) in [6, 6.07) is 2.15. The molecule has 0 saturated heterocycles. The standard InChI is InChI=1S/C12H22N2OS/c1-3-7-14-8-5-12(11-14)10-13-6-4-9-16(2)15/h5,8,11,13H,3-4,6-7,9-10H2,1-2H3. The van der Waals surface area contributed by atoms with Crippen LogP contribution >= 0.6 is 0 Å². The molecule has 0 radical (unpaired) electrons. The van der Waals surface area contributed by atoms with E-state index in [9.17, 15) is 4.21 Å². The molecule has 1 aromatic heterocycles. The Morgan fingerprint density at radius 3 is 3.00 bits per heavy atom. The fourth-order valence-electron chi connectivity index (χ4n) is 1.63. The summed E-state index contributed by atoms with van der Waals surface area (Å²) >= 11 is 0. The van der Waals surface area contributed by atoms with E-state index in [2.05, 4.69) is 35.3 Å². The van der Waals surface area contributed by atoms with Crippen LogP contribution in [0.2, 0.25) is 0 Å². The molecule has 0 bridgehead atoms. The molecule has 16 heavy (non-hydrogen) atoms. The van der Waals surface area contributed by atoms with E-state index in [-0.39, 0.29) is 0 Å². The fourth-order valence-corrected chi connectivity index (χ4v) is 2.18. The van der Waals surface area contributed by atoms with Crippen LogP contribution in [0.3, 0.4) is 0 Å². The van der Waals surface area contributed by atoms with Gasteiger partial charge >= 0.3 is 0 Å². The van der Waals surface area contributed by atoms with Gasteiger partial charge in [-0.15, -0.1) is 0 Å². The zero-order valence-electron chi connectivity index (χ0n) is 10.2. The summed E-state index contributed by atoms with van der Waals surface area (Å²) in [6.45, 7) is 5.13. The molecule has 0 aromatic carbocycles. The lowest BCUT2D eigenvalue weighted by Crippen LogP contribution is -2.16. The lowest BCUT2D eigenvalue weighted by Gasteiger charge is -2.02. The molecule has 1 heterocycles. The minimum atomic E-state index is -0.656. The van der Waals surface area contributed by atoms with Crippen molar-refractivity contribution < 1.29 is 4.21 Å². The van der Waals surface area contributed by atoms with E-state index in [0.29, 0.717) is 0 Å². The van der Waals surface area contributed by atoms with Crippen molar-refractivity contribution in [3.8, 4) is 0 Å². The van der Waals surface area contributed by atoms with Crippen LogP contribution < -0.4 is 5.32 Å². The van der Waals surface area contributed by atoms with Crippen LogP contribution in [-0.4, -0.2) is 27.3 Å². The Bertz CT molecular complexity index is 323. The summed E-state index contributed by atoms with van der Waals surface area (Å²) in [5.41, 5.74) is 1.33. The van der Waals surface area contributed by atoms with Gasteiger partial charge in [0.25, 0.3) is 0 Å². The van der Waals surface area contributed by atoms with Crippen LogP contribution in [0.5, 0.6) is 0 Å². The van der Waals surface area contributed by atoms with Crippen molar-refractivity contribution in [1.29, 1.82) is 0 Å². The van der Waals surface area contributed by atoms with Crippen molar-refractivity contribution in [2.45, 2.75) is 32.9 Å². The van der Waals surface area contributed by atoms with Crippen molar-refractivity contribution in [3.05, 3.63) is 24.0 Å². The molecule has 1 aromatic rings. The normalized spacial score (nSPS) is 12.9. The summed E-state index contributed by atoms with van der Waals surface area (Å²) < 4.78 is 13.1. The number of hydrogen-bond donors (Lipinski definition) is 1. The van der Waals surface area contributed by atoms with Gasteiger partial charge < -0.3 is 9.88 Å². The highest BCUT2D eigenvalue weighted by Gasteiger charge is 1.96. The fraction of sp³-hybridized carbons (Fsp3) is 0.667. The molecule has 0 amide bonds. The van der Waals surface area contributed by atoms with Gasteiger partial charge in [0.2, 0.25) is 0 Å². The van der Waals surface area contributed by atoms with Gasteiger partial charge in [0.15, 0.2) is 0 Å². The Hall–Kier alpha value is -0.610. The monoisotopic (exact) mass is 242 g/mol. The lowest BCUT2D eigenvalue weighted by atomic mass is 10.3. The average Bonchev–Trinajstić information content (AvgIpc) is 2.65. The van der Waals surface area contributed by atoms with Gasteiger partial charge in [-0.2, -0.15) is 0 Å². The summed E-state index contributed by atoms with van der Waals surface area (Å²) in [6.07, 6.45) is 8.23. The Morgan fingerprint density at radius 1 is 1.50 bits per heavy atom. The highest BCUT2D eigenvalue weighted by Crippen LogP contribution is 2.01. The van der Waals surface area contributed by atoms with E-state index < -0.39 is 10.8 Å². The zero-order chi connectivity index (χ0) is 11.8. The van der Waals surface area contributed by atoms with Gasteiger partial charge in [-0.1, -0.05) is 6.92 Å². The molecule has 0 fully saturated rings. The van der Waals surface area contributed by atoms with Gasteiger partial charge in [-0.05, 0) is 31.0 Å². The zero-order valence-corrected chi connectivity index (χ0v) is 11.1. The third-order valence-corrected chi connectivity index (χ3v) is 3.27. The molecular weight excluding hydrogens is 220 g/mol. The summed E-state index contributed by atoms with van der Waals surface area (Å²) in [4.78, 5) is 0. The first-order valence-electron chi connectivity index (χ1n) is 5.87. The molecule has 92 valence electrons. The molecule has 4 heteroatoms. The molecule has 1 unspecified atom stereocenters. The van der Waals surface area contributed by atoms with Crippen LogP contribution in [0.15, 0.2) is 18.5 Å². The molecule has 1 rings (SSSR count). The van der Waals surface area contributed by atoms with Crippen LogP contribution in [-0.2, 0) is 23.9 Å². The first-order valence-corrected chi connectivity index (χ1v) is 7.60. The van der Waals surface area contributed by atoms with Crippen LogP contribution in [0.25, 0.3) is 0 Å². The molecule has 0 saturated carbocycles. The van der Waals surface area contributed by atoms with Crippen molar-refractivity contribution >= 4 is 10.8 Å². The Balaban J connectivity index is 2.14. The molecule has 0 aliphatic carbocycles. The van der Waals surface area contributed by atoms with Crippen molar-refractivity contribution in [1.82, 2.24) is 9.88 Å². The summed E-state index contributed by atoms with van der Waals surface area (Å²) in [7, 11) is -0.656. The average molecular weight is 242 g/mol. The van der Waals surface area contributed by atoms with Gasteiger partial charge in [0, 0.05) is 48.3 Å². The Morgan fingerprint density at radius 2 is 2.31 bits per heavy atom. The number of nitrogens with zero attached hydrogens (tertiary/aromatic N) is 1. The number of aryl methyl sites for hydroxylation is 1. The molecule has 1 N–H and O–H groups in total. The second-order valence-electron chi connectivity index (χ2n) is 4.07. The highest BCUT2D eigenvalue weighted by atomic mass is 32.2. The van der Waals surface area contributed by atoms with Gasteiger partial charge in [0.05, 0.1) is 0 Å². The van der Waals surface area contributed by atoms with Crippen molar-refractivity contribution in [2.75, 3.05) is 18.6 Å². The lowest BCUT2D eigenvalue weighted by molar-refractivity contribution is 0.655. The second kappa shape index (κ2) is 7.63. The number of nitrogens with one attached hydrogen (secondary N) is 1. The van der Waals surface area contributed by atoms with Crippen molar-refractivity contribution in [3.63, 3.8) is 0 Å². The van der Waals surface area contributed by atoms with E-state index in [0.717, 1.165) is 31.8 Å². The maximum Gasteiger partial charge on any atom is 0.0244 e. The van der Waals surface area contributed by atoms with Crippen LogP contribution in [0.1, 0.15) is 25.3 Å². The summed E-state index contributed by atoms with van der Waals surface area (Å²) in [5.74, 6) is 0.795. The third-order valence-electron chi connectivity index (χ3n) is 2.41. The molecular formula is C12H22N2OS. The van der Waals surface area contributed by atoms with Crippen LogP contribution in [0, 0.1) is 0 Å². The van der Waals surface area contributed by atoms with Crippen LogP contribution in [0.4, 0.5) is 0 Å². The number of aromatic nitrogens is 1. The minimum Gasteiger partial charge on any atom is -0.354 e. The molecule has 0 spiro atoms. The maximum atomic E-state index is 10.8. The van der Waals surface area contributed by atoms with E-state index in [4.69, 9.17) is 0 Å². The quantitative estimate of drug-likeness (QED) is 0.705. The molecule has 3 nitrogen and oxygen atoms in total. The van der Waals surface area contributed by atoms with Crippen molar-refractivity contribution in [2.24, 2.45) is 0 Å². The van der Waals surface area contributed by atoms with E-state index in [1.54, 1.807) is 6.26 Å². The smallest absolute Gasteiger partial charge is 0.0244 e. The first kappa shape index (κ1) is 13.5. The first-order chi connectivity index (χ1) is 7.72. The predicted molar refractivity (Wildman–Crippen MR) is 70.0 cm³/mol. The Labute approximate surface area is 101 Å². The summed E-state index contributed by atoms with van der Waals surface area (Å²) in [5, 5.41) is 3.36. The highest BCUT2D eigenvalue weighted by molar-refractivity contribution is 7.84. The maximum absolute atomic E-state index is 10.8. The topological polar surface area (TPSA) is 34.0 Å². The minimum absolute atomic E-state index is 0.656. The largest absolute Gasteiger partial charge is 0.354 e. The number of hydrogen-bond acceptors (Lipinski definition) is 2. The van der Waals surface area contributed by atoms with Gasteiger partial charge in [-0.3, -0.25) is 4.21 Å². The van der Waals surface area contributed by atoms with Gasteiger partial charge in [-0.25, -0.2) is 0 Å². The predicted octanol–water partition coefficient (Wildman–Crippen LogP) is 1.76.